The number of nitrogens with zero attached hydrogens (tertiary/aromatic N) is 5. The first kappa shape index (κ1) is 7.87. The molecule has 0 spiro atoms. The quantitative estimate of drug-likeness (QED) is 0.498. The maximum absolute atomic E-state index is 10.4. The standard InChI is InChI=1S/C5H2ClN5O2/c6-4-2-8-10-5(9-4)3(1-7-10)11(12)13/h1-2H. The molecular formula is C5H2ClN5O2. The zero-order valence-electron chi connectivity index (χ0n) is 6.09. The summed E-state index contributed by atoms with van der Waals surface area (Å²) in [7, 11) is 0. The molecule has 66 valence electrons. The minimum absolute atomic E-state index is 0.0394. The minimum Gasteiger partial charge on any atom is -0.258 e. The van der Waals surface area contributed by atoms with Crippen LogP contribution in [0.25, 0.3) is 5.65 Å². The van der Waals surface area contributed by atoms with Gasteiger partial charge in [0, 0.05) is 0 Å². The van der Waals surface area contributed by atoms with E-state index in [2.05, 4.69) is 15.2 Å². The lowest BCUT2D eigenvalue weighted by Crippen LogP contribution is -1.96. The van der Waals surface area contributed by atoms with Gasteiger partial charge in [0.05, 0.1) is 11.1 Å². The zero-order chi connectivity index (χ0) is 9.42. The molecule has 0 aliphatic rings. The highest BCUT2D eigenvalue weighted by molar-refractivity contribution is 6.29. The molecule has 0 aromatic carbocycles. The van der Waals surface area contributed by atoms with E-state index >= 15 is 0 Å². The number of nitro groups is 1. The molecule has 0 aliphatic carbocycles. The van der Waals surface area contributed by atoms with Crippen LogP contribution in [0.1, 0.15) is 0 Å². The third kappa shape index (κ3) is 1.18. The van der Waals surface area contributed by atoms with E-state index in [1.54, 1.807) is 0 Å². The van der Waals surface area contributed by atoms with Crippen LogP contribution < -0.4 is 0 Å². The highest BCUT2D eigenvalue weighted by atomic mass is 35.5. The van der Waals surface area contributed by atoms with Crippen molar-refractivity contribution in [2.45, 2.75) is 0 Å². The summed E-state index contributed by atoms with van der Waals surface area (Å²) in [5.74, 6) is 0. The largest absolute Gasteiger partial charge is 0.335 e. The van der Waals surface area contributed by atoms with E-state index in [4.69, 9.17) is 11.6 Å². The SMILES string of the molecule is O=[N+]([O-])c1cnn2ncc(Cl)nc12. The van der Waals surface area contributed by atoms with E-state index in [9.17, 15) is 10.1 Å². The molecule has 2 aromatic rings. The van der Waals surface area contributed by atoms with Gasteiger partial charge in [-0.3, -0.25) is 10.1 Å². The molecule has 0 saturated heterocycles. The maximum atomic E-state index is 10.4. The molecule has 8 heteroatoms. The normalized spacial score (nSPS) is 10.5. The molecule has 0 bridgehead atoms. The molecular weight excluding hydrogens is 198 g/mol. The third-order valence-corrected chi connectivity index (χ3v) is 1.57. The molecule has 2 aromatic heterocycles. The topological polar surface area (TPSA) is 86.2 Å². The van der Waals surface area contributed by atoms with Crippen LogP contribution in [0.2, 0.25) is 5.15 Å². The number of aromatic nitrogens is 4. The Bertz CT molecular complexity index is 481. The predicted octanol–water partition coefficient (Wildman–Crippen LogP) is 0.686. The fraction of sp³-hybridized carbons (Fsp3) is 0. The number of hydrogen-bond donors (Lipinski definition) is 0. The van der Waals surface area contributed by atoms with Crippen LogP contribution in [0.5, 0.6) is 0 Å². The van der Waals surface area contributed by atoms with Gasteiger partial charge in [0.15, 0.2) is 5.15 Å². The van der Waals surface area contributed by atoms with Gasteiger partial charge in [-0.1, -0.05) is 11.6 Å². The van der Waals surface area contributed by atoms with Gasteiger partial charge in [-0.15, -0.1) is 9.73 Å². The fourth-order valence-electron chi connectivity index (χ4n) is 0.872. The van der Waals surface area contributed by atoms with E-state index in [0.29, 0.717) is 0 Å². The molecule has 13 heavy (non-hydrogen) atoms. The first-order valence-electron chi connectivity index (χ1n) is 3.19. The van der Waals surface area contributed by atoms with Crippen LogP contribution in [0.4, 0.5) is 5.69 Å². The first-order chi connectivity index (χ1) is 6.18. The number of halogens is 1. The van der Waals surface area contributed by atoms with Gasteiger partial charge in [-0.2, -0.15) is 5.10 Å². The van der Waals surface area contributed by atoms with Gasteiger partial charge >= 0.3 is 5.69 Å². The Morgan fingerprint density at radius 2 is 2.15 bits per heavy atom. The van der Waals surface area contributed by atoms with Gasteiger partial charge < -0.3 is 0 Å². The second-order valence-electron chi connectivity index (χ2n) is 2.18. The second-order valence-corrected chi connectivity index (χ2v) is 2.57. The second kappa shape index (κ2) is 2.63. The first-order valence-corrected chi connectivity index (χ1v) is 3.57. The highest BCUT2D eigenvalue weighted by Gasteiger charge is 2.16. The molecule has 0 aliphatic heterocycles. The summed E-state index contributed by atoms with van der Waals surface area (Å²) in [4.78, 5) is 13.6. The summed E-state index contributed by atoms with van der Waals surface area (Å²) in [6.45, 7) is 0. The van der Waals surface area contributed by atoms with Crippen molar-refractivity contribution in [3.8, 4) is 0 Å². The van der Waals surface area contributed by atoms with E-state index in [1.165, 1.54) is 6.20 Å². The van der Waals surface area contributed by atoms with Crippen molar-refractivity contribution in [3.63, 3.8) is 0 Å². The Morgan fingerprint density at radius 1 is 1.46 bits per heavy atom. The summed E-state index contributed by atoms with van der Waals surface area (Å²) in [5.41, 5.74) is -0.174. The van der Waals surface area contributed by atoms with Gasteiger partial charge in [0.1, 0.15) is 6.20 Å². The highest BCUT2D eigenvalue weighted by Crippen LogP contribution is 2.16. The van der Waals surface area contributed by atoms with Crippen molar-refractivity contribution in [1.29, 1.82) is 0 Å². The summed E-state index contributed by atoms with van der Waals surface area (Å²) in [6.07, 6.45) is 2.33. The van der Waals surface area contributed by atoms with Crippen molar-refractivity contribution in [2.75, 3.05) is 0 Å². The Hall–Kier alpha value is -1.76. The van der Waals surface area contributed by atoms with E-state index < -0.39 is 4.92 Å². The van der Waals surface area contributed by atoms with Crippen molar-refractivity contribution < 1.29 is 4.92 Å². The lowest BCUT2D eigenvalue weighted by atomic mass is 10.5. The summed E-state index contributed by atoms with van der Waals surface area (Å²) < 4.78 is 1.05. The zero-order valence-corrected chi connectivity index (χ0v) is 6.84. The van der Waals surface area contributed by atoms with Crippen LogP contribution in [0.15, 0.2) is 12.4 Å². The Labute approximate surface area is 76.1 Å². The number of fused-ring (bicyclic) bond motifs is 1. The molecule has 2 heterocycles. The molecule has 0 unspecified atom stereocenters. The van der Waals surface area contributed by atoms with Crippen molar-refractivity contribution in [3.05, 3.63) is 27.7 Å². The van der Waals surface area contributed by atoms with Gasteiger partial charge in [0.2, 0.25) is 0 Å². The molecule has 0 saturated carbocycles. The number of hydrogen-bond acceptors (Lipinski definition) is 5. The average molecular weight is 200 g/mol. The maximum Gasteiger partial charge on any atom is 0.335 e. The van der Waals surface area contributed by atoms with E-state index in [-0.39, 0.29) is 16.5 Å². The molecule has 7 nitrogen and oxygen atoms in total. The van der Waals surface area contributed by atoms with Crippen molar-refractivity contribution in [2.24, 2.45) is 0 Å². The van der Waals surface area contributed by atoms with Crippen molar-refractivity contribution >= 4 is 22.9 Å². The minimum atomic E-state index is -0.590. The van der Waals surface area contributed by atoms with Gasteiger partial charge in [-0.05, 0) is 0 Å². The summed E-state index contributed by atoms with van der Waals surface area (Å²) >= 11 is 5.51. The van der Waals surface area contributed by atoms with Crippen LogP contribution in [-0.4, -0.2) is 24.7 Å². The summed E-state index contributed by atoms with van der Waals surface area (Å²) in [5, 5.41) is 17.8. The third-order valence-electron chi connectivity index (χ3n) is 1.39. The van der Waals surface area contributed by atoms with Gasteiger partial charge in [-0.25, -0.2) is 4.98 Å². The molecule has 0 radical (unpaired) electrons. The van der Waals surface area contributed by atoms with Crippen LogP contribution >= 0.6 is 11.6 Å². The molecule has 0 atom stereocenters. The average Bonchev–Trinajstić information content (AvgIpc) is 2.46. The fourth-order valence-corrected chi connectivity index (χ4v) is 0.996. The molecule has 2 rings (SSSR count). The molecule has 0 fully saturated rings. The van der Waals surface area contributed by atoms with Crippen LogP contribution in [0.3, 0.4) is 0 Å². The van der Waals surface area contributed by atoms with Gasteiger partial charge in [0.25, 0.3) is 5.65 Å². The lowest BCUT2D eigenvalue weighted by Gasteiger charge is -1.90. The Morgan fingerprint density at radius 3 is 2.85 bits per heavy atom. The molecule has 0 amide bonds. The smallest absolute Gasteiger partial charge is 0.258 e. The Kier molecular flexibility index (Phi) is 1.59. The number of rotatable bonds is 1. The van der Waals surface area contributed by atoms with Crippen LogP contribution in [0, 0.1) is 10.1 Å². The van der Waals surface area contributed by atoms with E-state index in [0.717, 1.165) is 10.8 Å². The Balaban J connectivity index is 2.79. The predicted molar refractivity (Wildman–Crippen MR) is 42.4 cm³/mol. The molecule has 0 N–H and O–H groups in total. The van der Waals surface area contributed by atoms with E-state index in [1.807, 2.05) is 0 Å². The lowest BCUT2D eigenvalue weighted by molar-refractivity contribution is -0.383. The van der Waals surface area contributed by atoms with Crippen LogP contribution in [-0.2, 0) is 0 Å². The summed E-state index contributed by atoms with van der Waals surface area (Å²) in [6, 6.07) is 0. The monoisotopic (exact) mass is 199 g/mol. The van der Waals surface area contributed by atoms with Crippen molar-refractivity contribution in [1.82, 2.24) is 19.8 Å².